The first kappa shape index (κ1) is 105. The number of hydrogen-bond acceptors (Lipinski definition) is 29. The Morgan fingerprint density at radius 3 is 2.08 bits per heavy atom. The van der Waals surface area contributed by atoms with Crippen LogP contribution in [0.15, 0.2) is 89.5 Å². The van der Waals surface area contributed by atoms with Crippen molar-refractivity contribution in [1.82, 2.24) is 60.6 Å². The van der Waals surface area contributed by atoms with Crippen LogP contribution in [0.5, 0.6) is 5.75 Å². The average Bonchev–Trinajstić information content (AvgIpc) is 1.58. The van der Waals surface area contributed by atoms with Crippen molar-refractivity contribution in [2.75, 3.05) is 125 Å². The summed E-state index contributed by atoms with van der Waals surface area (Å²) < 4.78 is 62.2. The number of esters is 1. The molecule has 5 aromatic rings. The number of ketones is 2. The Morgan fingerprint density at radius 1 is 0.740 bits per heavy atom. The number of hydrogen-bond donors (Lipinski definition) is 9. The molecule has 7 heterocycles. The number of nitrogens with two attached hydrogens (primary N) is 1. The van der Waals surface area contributed by atoms with E-state index in [1.54, 1.807) is 63.9 Å². The number of unbranched alkanes of at least 4 members (excludes halogenated alkanes) is 1. The zero-order chi connectivity index (χ0) is 94.6. The van der Waals surface area contributed by atoms with Gasteiger partial charge in [-0.05, 0) is 178 Å². The van der Waals surface area contributed by atoms with Crippen molar-refractivity contribution in [3.63, 3.8) is 0 Å². The number of carbonyl (C=O) groups is 7. The fourth-order valence-corrected chi connectivity index (χ4v) is 17.0. The molecule has 0 unspecified atom stereocenters. The van der Waals surface area contributed by atoms with Crippen LogP contribution in [0.2, 0.25) is 0 Å². The highest BCUT2D eigenvalue weighted by Crippen LogP contribution is 2.41. The number of aromatic nitrogens is 8. The predicted octanol–water partition coefficient (Wildman–Crippen LogP) is 9.21. The molecular weight excluding hydrogens is 1690 g/mol. The molecule has 0 spiro atoms. The molecule has 10 N–H and O–H groups in total. The number of oxime groups is 1. The third-order valence-corrected chi connectivity index (χ3v) is 24.6. The third-order valence-electron chi connectivity index (χ3n) is 24.6. The lowest BCUT2D eigenvalue weighted by Gasteiger charge is -2.42. The number of nitrogens with zero attached hydrogens (tertiary/aromatic N) is 9. The molecule has 15 atom stereocenters. The Labute approximate surface area is 769 Å². The number of phenolic OH excluding ortho intramolecular Hbond substituents is 1. The van der Waals surface area contributed by atoms with Gasteiger partial charge in [0.25, 0.3) is 11.7 Å². The van der Waals surface area contributed by atoms with Crippen LogP contribution < -0.4 is 21.7 Å². The number of aromatic hydroxyl groups is 1. The number of benzene rings is 1. The molecule has 2 bridgehead atoms. The molecule has 1 saturated carbocycles. The van der Waals surface area contributed by atoms with Gasteiger partial charge in [-0.15, -0.1) is 5.10 Å². The Hall–Kier alpha value is -9.31. The number of aliphatic hydroxyl groups excluding tert-OH is 2. The molecule has 36 heteroatoms. The quantitative estimate of drug-likeness (QED) is 0.00578. The number of allylic oxidation sites excluding steroid dienone is 6. The second-order valence-corrected chi connectivity index (χ2v) is 36.2. The number of nitrogens with one attached hydrogen (secondary N) is 4. The number of aromatic amines is 1. The minimum atomic E-state index is -2.48. The van der Waals surface area contributed by atoms with Crippen LogP contribution in [0.3, 0.4) is 0 Å². The fourth-order valence-electron chi connectivity index (χ4n) is 17.0. The Balaban J connectivity index is 0.631. The van der Waals surface area contributed by atoms with E-state index in [1.165, 1.54) is 11.2 Å². The molecule has 1 aliphatic carbocycles. The number of rotatable bonds is 41. The average molecular weight is 1830 g/mol. The van der Waals surface area contributed by atoms with Gasteiger partial charge >= 0.3 is 5.97 Å². The van der Waals surface area contributed by atoms with Crippen LogP contribution in [0.1, 0.15) is 197 Å². The molecule has 1 aromatic carbocycles. The predicted molar refractivity (Wildman–Crippen MR) is 491 cm³/mol. The lowest BCUT2D eigenvalue weighted by molar-refractivity contribution is -0.265. The molecule has 3 aliphatic heterocycles. The van der Waals surface area contributed by atoms with Gasteiger partial charge in [-0.3, -0.25) is 28.8 Å². The van der Waals surface area contributed by atoms with Crippen molar-refractivity contribution in [3.8, 4) is 17.1 Å². The van der Waals surface area contributed by atoms with E-state index < -0.39 is 89.1 Å². The molecule has 131 heavy (non-hydrogen) atoms. The standard InChI is InChI=1S/C95H144N14O22/c1-61-21-14-13-15-22-62(2)78(121-11)57-72-29-26-67(7)95(120,130-72)89(117)92(118)107-37-18-16-24-77(107)93(119)129-79(58-74(105-131-94(8,9)10)63(3)52-66(6)87(115)88(116)86(114)65(5)51-61)64(4)53-68-27-31-76(80(54-68)122-12)109-59-70(103-106-109)23-20-25-81(111)98-35-41-125-45-49-128-48-44-124-40-33-83(113)99-36-42-126-46-50-127-47-43-123-39-32-82(112)97-34-17-19-38-108-91-84(90(96)100-60-101-91)85(104-108)75-56-69-55-71(110)28-30-73(69)102-75/h13-15,21-22,28,30,52,55-56,59-61,63-65,67-68,72,76-80,87-88,102,110,115-116,120H,16-20,23-27,29,31-51,53-54,57-58H2,1-12H3,(H,97,112)(H,98,111)(H,99,113)(H2,96,100,101)/b15-13+,21-14+,62-22+,66-52+,105-74-/t61-,63-,64-,65-,67-,68+,72+,76+,77+,78+,79+,80-,87-,88+,95-/m1/s1. The minimum Gasteiger partial charge on any atom is -0.508 e. The number of fused-ring (bicyclic) bond motifs is 5. The number of Topliss-reactive ketones (excluding diaryl/α,β-unsaturated/α-hetero) is 2. The Kier molecular flexibility index (Phi) is 43.1. The lowest BCUT2D eigenvalue weighted by Crippen LogP contribution is -2.61. The number of cyclic esters (lactones) is 1. The first-order valence-electron chi connectivity index (χ1n) is 46.7. The Morgan fingerprint density at radius 2 is 1.40 bits per heavy atom. The van der Waals surface area contributed by atoms with Gasteiger partial charge in [0.15, 0.2) is 11.4 Å². The van der Waals surface area contributed by atoms with Gasteiger partial charge in [-0.1, -0.05) is 81.4 Å². The number of methoxy groups -OCH3 is 2. The largest absolute Gasteiger partial charge is 0.508 e. The Bertz CT molecular complexity index is 4610. The summed E-state index contributed by atoms with van der Waals surface area (Å²) >= 11 is 0. The van der Waals surface area contributed by atoms with Crippen molar-refractivity contribution >= 4 is 74.6 Å². The van der Waals surface area contributed by atoms with E-state index >= 15 is 4.79 Å². The van der Waals surface area contributed by atoms with Crippen LogP contribution in [-0.4, -0.2) is 286 Å². The summed E-state index contributed by atoms with van der Waals surface area (Å²) in [5.41, 5.74) is 10.7. The second-order valence-electron chi connectivity index (χ2n) is 36.2. The summed E-state index contributed by atoms with van der Waals surface area (Å²) in [6.07, 6.45) is 17.6. The molecule has 4 aromatic heterocycles. The number of nitrogen functional groups attached to an aromatic ring is 1. The highest BCUT2D eigenvalue weighted by atomic mass is 16.7. The SMILES string of the molecule is CO[C@H]1C[C@@H]2CC[C@@H](C)[C@@](O)(O2)C(=O)C(=O)N2CCCC[C@H]2C(=O)O[C@H]([C@H](C)C[C@@H]2CC[C@H](n3cc(CCCC(=O)NCCOCCOCCOCCC(=O)NCCOCCOCCOCCC(=O)NCCCCn4nc(-c5cc6cc(O)ccc6[nH]5)c5c(N)ncnc54)nn3)[C@H](OC)C2)C/C(=N/OC(C)(C)C)[C@H](C)/C=C(\C)[C@@H](O)[C@@H](O)C(=O)[C@H](C)C[C@H](C)/C=C/C=C/C=C/1C. The van der Waals surface area contributed by atoms with Gasteiger partial charge in [0.1, 0.15) is 53.5 Å². The van der Waals surface area contributed by atoms with Gasteiger partial charge in [0.2, 0.25) is 23.5 Å². The number of phenols is 1. The first-order valence-corrected chi connectivity index (χ1v) is 46.7. The van der Waals surface area contributed by atoms with Gasteiger partial charge < -0.3 is 104 Å². The van der Waals surface area contributed by atoms with E-state index in [0.29, 0.717) is 197 Å². The van der Waals surface area contributed by atoms with Crippen molar-refractivity contribution in [3.05, 3.63) is 90.1 Å². The van der Waals surface area contributed by atoms with Crippen molar-refractivity contribution in [2.45, 2.75) is 258 Å². The summed E-state index contributed by atoms with van der Waals surface area (Å²) in [6, 6.07) is 5.65. The molecule has 3 fully saturated rings. The maximum Gasteiger partial charge on any atom is 0.329 e. The summed E-state index contributed by atoms with van der Waals surface area (Å²) in [4.78, 5) is 115. The number of H-pyrrole nitrogens is 1. The minimum absolute atomic E-state index is 0.0323. The third kappa shape index (κ3) is 33.1. The normalized spacial score (nSPS) is 26.4. The van der Waals surface area contributed by atoms with E-state index in [0.717, 1.165) is 40.7 Å². The molecule has 726 valence electrons. The number of carbonyl (C=O) groups excluding carboxylic acids is 7. The van der Waals surface area contributed by atoms with E-state index in [-0.39, 0.29) is 112 Å². The summed E-state index contributed by atoms with van der Waals surface area (Å²) in [7, 11) is 3.24. The van der Waals surface area contributed by atoms with Crippen molar-refractivity contribution < 1.29 is 106 Å². The number of amides is 4. The van der Waals surface area contributed by atoms with Gasteiger partial charge in [-0.25, -0.2) is 24.1 Å². The zero-order valence-corrected chi connectivity index (χ0v) is 78.7. The topological polar surface area (TPSA) is 470 Å². The molecule has 2 saturated heterocycles. The van der Waals surface area contributed by atoms with Gasteiger partial charge in [0, 0.05) is 114 Å². The smallest absolute Gasteiger partial charge is 0.329 e. The number of aliphatic hydroxyl groups is 3. The number of aryl methyl sites for hydroxylation is 2. The molecular formula is C95H144N14O22. The lowest BCUT2D eigenvalue weighted by atomic mass is 9.77. The zero-order valence-electron chi connectivity index (χ0n) is 78.7. The molecule has 0 radical (unpaired) electrons. The maximum absolute atomic E-state index is 15.1. The van der Waals surface area contributed by atoms with E-state index in [9.17, 15) is 49.2 Å². The number of ether oxygens (including phenoxy) is 10. The van der Waals surface area contributed by atoms with Crippen LogP contribution in [0.4, 0.5) is 5.82 Å². The molecule has 36 nitrogen and oxygen atoms in total. The van der Waals surface area contributed by atoms with E-state index in [2.05, 4.69) is 41.2 Å². The highest BCUT2D eigenvalue weighted by Gasteiger charge is 2.53. The van der Waals surface area contributed by atoms with E-state index in [4.69, 9.17) is 68.2 Å². The van der Waals surface area contributed by atoms with Crippen LogP contribution in [0, 0.1) is 35.5 Å². The van der Waals surface area contributed by atoms with Crippen LogP contribution in [0.25, 0.3) is 33.3 Å². The first-order chi connectivity index (χ1) is 62.8. The summed E-state index contributed by atoms with van der Waals surface area (Å²) in [5.74, 6) is -8.10. The molecule has 4 amide bonds. The maximum atomic E-state index is 15.1. The molecule has 4 aliphatic rings. The van der Waals surface area contributed by atoms with Crippen molar-refractivity contribution in [2.24, 2.45) is 40.7 Å². The fraction of sp³-hybridized carbons (Fsp3) is 0.674. The summed E-state index contributed by atoms with van der Waals surface area (Å²) in [5, 5.41) is 74.0. The van der Waals surface area contributed by atoms with Gasteiger partial charge in [-0.2, -0.15) is 5.10 Å². The number of piperidine rings is 1. The number of anilines is 1. The molecule has 9 rings (SSSR count). The monoisotopic (exact) mass is 1830 g/mol. The van der Waals surface area contributed by atoms with Gasteiger partial charge in [0.05, 0.1) is 126 Å². The van der Waals surface area contributed by atoms with Crippen LogP contribution >= 0.6 is 0 Å². The highest BCUT2D eigenvalue weighted by molar-refractivity contribution is 6.39. The van der Waals surface area contributed by atoms with Crippen LogP contribution in [-0.2, 0) is 98.7 Å². The van der Waals surface area contributed by atoms with E-state index in [1.807, 2.05) is 95.8 Å². The summed E-state index contributed by atoms with van der Waals surface area (Å²) in [6.45, 7) is 23.8. The second kappa shape index (κ2) is 53.5. The van der Waals surface area contributed by atoms with Crippen molar-refractivity contribution in [1.29, 1.82) is 0 Å².